The molecule has 352 valence electrons. The molecule has 6 aromatic rings. The van der Waals surface area contributed by atoms with E-state index in [0.717, 1.165) is 44.5 Å². The molecule has 0 unspecified atom stereocenters. The van der Waals surface area contributed by atoms with E-state index in [1.807, 2.05) is 114 Å². The molecule has 0 spiro atoms. The Kier molecular flexibility index (Phi) is 16.5. The zero-order valence-electron chi connectivity index (χ0n) is 39.4. The average Bonchev–Trinajstić information content (AvgIpc) is 3.41. The van der Waals surface area contributed by atoms with Gasteiger partial charge in [0.05, 0.1) is 34.3 Å². The van der Waals surface area contributed by atoms with Gasteiger partial charge in [0.1, 0.15) is 0 Å². The molecule has 0 amide bonds. The van der Waals surface area contributed by atoms with Crippen LogP contribution in [0.15, 0.2) is 165 Å². The van der Waals surface area contributed by atoms with Crippen LogP contribution in [-0.4, -0.2) is 67.7 Å². The molecular weight excluding hydrogens is 914 g/mol. The number of hydrogen-bond acceptors (Lipinski definition) is 16. The third-order valence-electron chi connectivity index (χ3n) is 11.6. The molecule has 2 bridgehead atoms. The predicted octanol–water partition coefficient (Wildman–Crippen LogP) is 9.65. The predicted molar refractivity (Wildman–Crippen MR) is 269 cm³/mol. The molecule has 4 aromatic heterocycles. The first-order valence-electron chi connectivity index (χ1n) is 23.0. The fraction of sp³-hybridized carbons (Fsp3) is 0.240. The van der Waals surface area contributed by atoms with Crippen molar-refractivity contribution in [1.29, 1.82) is 0 Å². The van der Waals surface area contributed by atoms with Gasteiger partial charge in [0.25, 0.3) is 0 Å². The molecule has 0 N–H and O–H groups in total. The van der Waals surface area contributed by atoms with Crippen LogP contribution < -0.4 is 10.9 Å². The number of hydrogen-bond donors (Lipinski definition) is 0. The van der Waals surface area contributed by atoms with Crippen LogP contribution in [0.1, 0.15) is 80.1 Å². The van der Waals surface area contributed by atoms with Gasteiger partial charge >= 0.3 is 30.6 Å². The molecule has 7 heterocycles. The monoisotopic (exact) mass is 966 g/mol. The standard InChI is InChI=1S/C50H52B2N10O6.Fe/c1-7-45-46(8-2)58-64-52(44-33-41(37-17-25-55-26-18-37)30-42(34-44)38-19-27-56-28-20-38)67-61-49(11-5)47(9-3)59-65-51(63-57-45,66-60-48(10-4)50(12-6)62-68-52)43-31-39(35-13-21-53-22-14-35)29-40(32-43)36-15-23-54-24-16-36;/h13-34H,7-12H2,1-6H3;/q-2;+2/b57-45+,58-46+,59-47+,60-48+,61-49+,62-50+;. The first kappa shape index (κ1) is 49.4. The van der Waals surface area contributed by atoms with Crippen LogP contribution in [0, 0.1) is 0 Å². The summed E-state index contributed by atoms with van der Waals surface area (Å²) in [4.78, 5) is 17.1. The molecule has 0 atom stereocenters. The van der Waals surface area contributed by atoms with Crippen LogP contribution in [0.5, 0.6) is 0 Å². The maximum atomic E-state index is 6.72. The molecular formula is C50H52B2FeN10O6. The number of aromatic nitrogens is 4. The van der Waals surface area contributed by atoms with Crippen LogP contribution in [-0.2, 0) is 45.6 Å². The van der Waals surface area contributed by atoms with Gasteiger partial charge in [-0.2, -0.15) is 0 Å². The number of pyridine rings is 4. The van der Waals surface area contributed by atoms with E-state index in [9.17, 15) is 0 Å². The molecule has 69 heavy (non-hydrogen) atoms. The van der Waals surface area contributed by atoms with Crippen molar-refractivity contribution in [3.8, 4) is 44.5 Å². The molecule has 19 heteroatoms. The quantitative estimate of drug-likeness (QED) is 0.107. The molecule has 0 saturated heterocycles. The topological polar surface area (TPSA) is 181 Å². The first-order chi connectivity index (χ1) is 33.3. The summed E-state index contributed by atoms with van der Waals surface area (Å²) in [6, 6.07) is 27.2. The van der Waals surface area contributed by atoms with Gasteiger partial charge in [-0.1, -0.05) is 76.7 Å². The second kappa shape index (κ2) is 23.0. The van der Waals surface area contributed by atoms with Gasteiger partial charge in [-0.05, 0) is 144 Å². The number of nitrogens with zero attached hydrogens (tertiary/aromatic N) is 10. The summed E-state index contributed by atoms with van der Waals surface area (Å²) < 4.78 is 40.3. The van der Waals surface area contributed by atoms with Crippen LogP contribution in [0.2, 0.25) is 0 Å². The number of fused-ring (bicyclic) bond motifs is 9. The van der Waals surface area contributed by atoms with Gasteiger partial charge in [-0.25, -0.2) is 0 Å². The van der Waals surface area contributed by atoms with Gasteiger partial charge in [0.15, 0.2) is 0 Å². The molecule has 9 rings (SSSR count). The minimum atomic E-state index is -3.25. The van der Waals surface area contributed by atoms with E-state index < -0.39 is 13.5 Å². The molecule has 3 aliphatic heterocycles. The van der Waals surface area contributed by atoms with E-state index in [4.69, 9.17) is 59.5 Å². The summed E-state index contributed by atoms with van der Waals surface area (Å²) >= 11 is 0. The Labute approximate surface area is 412 Å². The van der Waals surface area contributed by atoms with Gasteiger partial charge in [0.2, 0.25) is 0 Å². The molecule has 3 aliphatic rings. The summed E-state index contributed by atoms with van der Waals surface area (Å²) in [6.45, 7) is 5.10. The summed E-state index contributed by atoms with van der Waals surface area (Å²) in [5, 5.41) is 28.8. The molecule has 0 fully saturated rings. The average molecular weight is 966 g/mol. The second-order valence-electron chi connectivity index (χ2n) is 15.9. The van der Waals surface area contributed by atoms with Gasteiger partial charge in [-0.3, -0.25) is 19.9 Å². The largest absolute Gasteiger partial charge is 2.00 e. The van der Waals surface area contributed by atoms with Crippen LogP contribution >= 0.6 is 0 Å². The first-order valence-corrected chi connectivity index (χ1v) is 23.0. The van der Waals surface area contributed by atoms with Crippen molar-refractivity contribution in [3.05, 3.63) is 135 Å². The zero-order valence-corrected chi connectivity index (χ0v) is 40.5. The Balaban J connectivity index is 0.00000703. The third-order valence-corrected chi connectivity index (χ3v) is 11.6. The number of oxime groups is 6. The summed E-state index contributed by atoms with van der Waals surface area (Å²) in [5.41, 5.74) is 10.2. The Morgan fingerprint density at radius 3 is 0.652 bits per heavy atom. The Hall–Kier alpha value is -7.49. The SMILES string of the molecule is CCC1=N\O[B-]2(c3cc(-c4ccncc4)cc(-c4ccncc4)c3)O/N=C(CC)/C(CC)=N/O[B-](c3cc(-c4ccncc4)cc(-c4ccncc4)c3)(O\N=C\1CC)O/N=C(CC)/C(CC)=N/O2.[Fe+2]. The molecule has 0 saturated carbocycles. The Morgan fingerprint density at radius 2 is 0.478 bits per heavy atom. The Morgan fingerprint density at radius 1 is 0.290 bits per heavy atom. The van der Waals surface area contributed by atoms with Crippen LogP contribution in [0.3, 0.4) is 0 Å². The van der Waals surface area contributed by atoms with Crippen molar-refractivity contribution >= 4 is 58.7 Å². The fourth-order valence-electron chi connectivity index (χ4n) is 7.76. The van der Waals surface area contributed by atoms with Crippen molar-refractivity contribution in [3.63, 3.8) is 0 Å². The van der Waals surface area contributed by atoms with E-state index >= 15 is 0 Å². The van der Waals surface area contributed by atoms with Crippen molar-refractivity contribution in [1.82, 2.24) is 19.9 Å². The normalized spacial score (nSPS) is 22.9. The maximum Gasteiger partial charge on any atom is 2.00 e. The maximum absolute atomic E-state index is 6.72. The van der Waals surface area contributed by atoms with Gasteiger partial charge < -0.3 is 28.5 Å². The van der Waals surface area contributed by atoms with Crippen LogP contribution in [0.25, 0.3) is 44.5 Å². The van der Waals surface area contributed by atoms with Crippen molar-refractivity contribution in [2.45, 2.75) is 80.1 Å². The minimum absolute atomic E-state index is 0. The fourth-order valence-corrected chi connectivity index (χ4v) is 7.76. The smallest absolute Gasteiger partial charge is 0.536 e. The van der Waals surface area contributed by atoms with E-state index in [0.29, 0.717) is 83.7 Å². The molecule has 0 radical (unpaired) electrons. The summed E-state index contributed by atoms with van der Waals surface area (Å²) in [6.07, 6.45) is 16.0. The van der Waals surface area contributed by atoms with Crippen LogP contribution in [0.4, 0.5) is 0 Å². The molecule has 0 aliphatic carbocycles. The molecule has 16 nitrogen and oxygen atoms in total. The van der Waals surface area contributed by atoms with Gasteiger partial charge in [0, 0.05) is 49.6 Å². The van der Waals surface area contributed by atoms with Gasteiger partial charge in [-0.15, -0.1) is 30.9 Å². The van der Waals surface area contributed by atoms with Crippen molar-refractivity contribution < 1.29 is 45.6 Å². The third kappa shape index (κ3) is 11.1. The van der Waals surface area contributed by atoms with Crippen molar-refractivity contribution in [2.75, 3.05) is 0 Å². The van der Waals surface area contributed by atoms with E-state index in [-0.39, 0.29) is 17.1 Å². The van der Waals surface area contributed by atoms with E-state index in [2.05, 4.69) is 32.1 Å². The minimum Gasteiger partial charge on any atom is -0.536 e. The van der Waals surface area contributed by atoms with E-state index in [1.54, 1.807) is 49.6 Å². The Bertz CT molecular complexity index is 2470. The van der Waals surface area contributed by atoms with E-state index in [1.165, 1.54) is 0 Å². The van der Waals surface area contributed by atoms with Crippen molar-refractivity contribution in [2.24, 2.45) is 30.9 Å². The second-order valence-corrected chi connectivity index (χ2v) is 15.9. The molecule has 2 aromatic carbocycles. The number of benzene rings is 2. The number of rotatable bonds is 12. The summed E-state index contributed by atoms with van der Waals surface area (Å²) in [5.74, 6) is 0. The zero-order chi connectivity index (χ0) is 47.4. The summed E-state index contributed by atoms with van der Waals surface area (Å²) in [7, 11) is 0.